The van der Waals surface area contributed by atoms with Crippen molar-refractivity contribution in [3.8, 4) is 0 Å². The van der Waals surface area contributed by atoms with E-state index in [4.69, 9.17) is 22.3 Å². The van der Waals surface area contributed by atoms with Crippen LogP contribution in [0.5, 0.6) is 0 Å². The molecular weight excluding hydrogens is 584 g/mol. The molecule has 12 N–H and O–H groups in total. The van der Waals surface area contributed by atoms with Gasteiger partial charge in [-0.3, -0.25) is 24.2 Å². The highest BCUT2D eigenvalue weighted by Gasteiger charge is 2.32. The Kier molecular flexibility index (Phi) is 12.4. The molecule has 0 bridgehead atoms. The van der Waals surface area contributed by atoms with Crippen molar-refractivity contribution < 1.29 is 34.2 Å². The van der Waals surface area contributed by atoms with Crippen molar-refractivity contribution in [2.75, 3.05) is 6.54 Å². The fourth-order valence-electron chi connectivity index (χ4n) is 4.64. The Hall–Kier alpha value is -5.44. The molecule has 0 aliphatic rings. The van der Waals surface area contributed by atoms with Crippen LogP contribution in [0.1, 0.15) is 30.4 Å². The van der Waals surface area contributed by atoms with Crippen molar-refractivity contribution in [3.05, 3.63) is 71.9 Å². The molecule has 4 unspecified atom stereocenters. The fraction of sp³-hybridized carbons (Fsp3) is 0.333. The van der Waals surface area contributed by atoms with Crippen LogP contribution in [0.4, 0.5) is 0 Å². The third kappa shape index (κ3) is 10.7. The Morgan fingerprint density at radius 1 is 0.800 bits per heavy atom. The standard InChI is InChI=1S/C30H38N8O7/c31-20(10-6-12-34-30(32)33)26(41)36-23(14-18-16-35-21-11-5-4-9-19(18)21)28(43)37-22(13-17-7-2-1-3-8-17)27(42)38-24(29(44)45)15-25(39)40/h1-5,7-9,11,16,20,22-24,35H,6,10,12-15,31H2,(H,36,41)(H,37,43)(H,38,42)(H,39,40)(H,44,45)(H4,32,33,34). The average molecular weight is 623 g/mol. The summed E-state index contributed by atoms with van der Waals surface area (Å²) in [7, 11) is 0. The summed E-state index contributed by atoms with van der Waals surface area (Å²) in [4.78, 5) is 70.0. The Labute approximate surface area is 258 Å². The largest absolute Gasteiger partial charge is 0.481 e. The normalized spacial score (nSPS) is 13.5. The Balaban J connectivity index is 1.86. The summed E-state index contributed by atoms with van der Waals surface area (Å²) >= 11 is 0. The summed E-state index contributed by atoms with van der Waals surface area (Å²) in [5.41, 5.74) is 18.9. The number of fused-ring (bicyclic) bond motifs is 1. The molecule has 1 aromatic heterocycles. The second-order valence-corrected chi connectivity index (χ2v) is 10.4. The maximum absolute atomic E-state index is 13.8. The van der Waals surface area contributed by atoms with Crippen LogP contribution in [-0.2, 0) is 36.8 Å². The van der Waals surface area contributed by atoms with Crippen LogP contribution in [0.3, 0.4) is 0 Å². The smallest absolute Gasteiger partial charge is 0.326 e. The molecule has 0 aliphatic carbocycles. The van der Waals surface area contributed by atoms with Gasteiger partial charge in [0.2, 0.25) is 17.7 Å². The van der Waals surface area contributed by atoms with Gasteiger partial charge in [0.05, 0.1) is 12.5 Å². The number of hydrogen-bond acceptors (Lipinski definition) is 7. The van der Waals surface area contributed by atoms with E-state index >= 15 is 0 Å². The van der Waals surface area contributed by atoms with Gasteiger partial charge < -0.3 is 48.3 Å². The van der Waals surface area contributed by atoms with Crippen LogP contribution in [-0.4, -0.2) is 81.5 Å². The second-order valence-electron chi connectivity index (χ2n) is 10.4. The van der Waals surface area contributed by atoms with E-state index in [0.717, 1.165) is 10.9 Å². The Morgan fingerprint density at radius 2 is 1.40 bits per heavy atom. The van der Waals surface area contributed by atoms with E-state index in [1.54, 1.807) is 36.5 Å². The van der Waals surface area contributed by atoms with E-state index in [9.17, 15) is 29.1 Å². The summed E-state index contributed by atoms with van der Waals surface area (Å²) in [6.07, 6.45) is 1.46. The van der Waals surface area contributed by atoms with Gasteiger partial charge in [-0.05, 0) is 30.0 Å². The monoisotopic (exact) mass is 622 g/mol. The molecule has 2 aromatic carbocycles. The molecule has 3 rings (SSSR count). The minimum atomic E-state index is -1.73. The minimum Gasteiger partial charge on any atom is -0.481 e. The van der Waals surface area contributed by atoms with Crippen molar-refractivity contribution in [2.45, 2.75) is 56.3 Å². The number of para-hydroxylation sites is 1. The maximum Gasteiger partial charge on any atom is 0.326 e. The first-order valence-corrected chi connectivity index (χ1v) is 14.2. The maximum atomic E-state index is 13.8. The number of aliphatic imine (C=N–C) groups is 1. The predicted molar refractivity (Wildman–Crippen MR) is 166 cm³/mol. The number of aliphatic carboxylic acids is 2. The zero-order valence-electron chi connectivity index (χ0n) is 24.4. The number of guanidine groups is 1. The van der Waals surface area contributed by atoms with Gasteiger partial charge in [0, 0.05) is 36.5 Å². The lowest BCUT2D eigenvalue weighted by Gasteiger charge is -2.25. The highest BCUT2D eigenvalue weighted by atomic mass is 16.4. The first-order chi connectivity index (χ1) is 21.4. The van der Waals surface area contributed by atoms with Gasteiger partial charge in [-0.15, -0.1) is 0 Å². The number of benzene rings is 2. The van der Waals surface area contributed by atoms with Gasteiger partial charge in [0.1, 0.15) is 18.1 Å². The van der Waals surface area contributed by atoms with Crippen LogP contribution < -0.4 is 33.2 Å². The Morgan fingerprint density at radius 3 is 2.04 bits per heavy atom. The van der Waals surface area contributed by atoms with Gasteiger partial charge in [0.25, 0.3) is 0 Å². The highest BCUT2D eigenvalue weighted by Crippen LogP contribution is 2.19. The molecule has 0 saturated carbocycles. The molecule has 4 atom stereocenters. The molecule has 3 aromatic rings. The SMILES string of the molecule is NC(N)=NCCCC(N)C(=O)NC(Cc1c[nH]c2ccccc12)C(=O)NC(Cc1ccccc1)C(=O)NC(CC(=O)O)C(=O)O. The van der Waals surface area contributed by atoms with Gasteiger partial charge in [-0.1, -0.05) is 48.5 Å². The summed E-state index contributed by atoms with van der Waals surface area (Å²) in [6, 6.07) is 10.8. The number of carboxylic acids is 2. The molecule has 1 heterocycles. The number of aromatic amines is 1. The number of amides is 3. The summed E-state index contributed by atoms with van der Waals surface area (Å²) in [5.74, 6) is -5.32. The molecule has 0 fully saturated rings. The Bertz CT molecular complexity index is 1520. The number of carboxylic acid groups (broad SMARTS) is 2. The van der Waals surface area contributed by atoms with E-state index in [-0.39, 0.29) is 31.8 Å². The summed E-state index contributed by atoms with van der Waals surface area (Å²) in [6.45, 7) is 0.262. The molecule has 45 heavy (non-hydrogen) atoms. The summed E-state index contributed by atoms with van der Waals surface area (Å²) < 4.78 is 0. The first-order valence-electron chi connectivity index (χ1n) is 14.2. The molecule has 0 saturated heterocycles. The number of rotatable bonds is 17. The molecular formula is C30H38N8O7. The van der Waals surface area contributed by atoms with Crippen molar-refractivity contribution >= 4 is 46.5 Å². The molecule has 0 aliphatic heterocycles. The lowest BCUT2D eigenvalue weighted by atomic mass is 10.0. The number of hydrogen-bond donors (Lipinski definition) is 9. The number of carbonyl (C=O) groups is 5. The summed E-state index contributed by atoms with van der Waals surface area (Å²) in [5, 5.41) is 26.9. The third-order valence-electron chi connectivity index (χ3n) is 6.95. The zero-order chi connectivity index (χ0) is 32.9. The van der Waals surface area contributed by atoms with Gasteiger partial charge >= 0.3 is 11.9 Å². The molecule has 15 nitrogen and oxygen atoms in total. The number of nitrogens with one attached hydrogen (secondary N) is 4. The molecule has 240 valence electrons. The molecule has 0 spiro atoms. The number of carbonyl (C=O) groups excluding carboxylic acids is 3. The third-order valence-corrected chi connectivity index (χ3v) is 6.95. The quantitative estimate of drug-likeness (QED) is 0.0521. The molecule has 15 heteroatoms. The topological polar surface area (TPSA) is 268 Å². The average Bonchev–Trinajstić information content (AvgIpc) is 3.40. The van der Waals surface area contributed by atoms with E-state index in [1.807, 2.05) is 24.3 Å². The van der Waals surface area contributed by atoms with Crippen molar-refractivity contribution in [1.82, 2.24) is 20.9 Å². The minimum absolute atomic E-state index is 0.0265. The first kappa shape index (κ1) is 34.1. The number of nitrogens with two attached hydrogens (primary N) is 3. The zero-order valence-corrected chi connectivity index (χ0v) is 24.4. The van der Waals surface area contributed by atoms with Gasteiger partial charge in [0.15, 0.2) is 5.96 Å². The van der Waals surface area contributed by atoms with E-state index in [2.05, 4.69) is 25.9 Å². The number of H-pyrrole nitrogens is 1. The van der Waals surface area contributed by atoms with Gasteiger partial charge in [-0.2, -0.15) is 0 Å². The van der Waals surface area contributed by atoms with Crippen molar-refractivity contribution in [1.29, 1.82) is 0 Å². The van der Waals surface area contributed by atoms with Crippen LogP contribution >= 0.6 is 0 Å². The van der Waals surface area contributed by atoms with Crippen LogP contribution in [0, 0.1) is 0 Å². The molecule has 0 radical (unpaired) electrons. The fourth-order valence-corrected chi connectivity index (χ4v) is 4.64. The number of aromatic nitrogens is 1. The highest BCUT2D eigenvalue weighted by molar-refractivity contribution is 5.95. The molecule has 3 amide bonds. The number of nitrogens with zero attached hydrogens (tertiary/aromatic N) is 1. The lowest BCUT2D eigenvalue weighted by molar-refractivity contribution is -0.147. The van der Waals surface area contributed by atoms with Gasteiger partial charge in [-0.25, -0.2) is 4.79 Å². The van der Waals surface area contributed by atoms with E-state index in [1.165, 1.54) is 0 Å². The van der Waals surface area contributed by atoms with Crippen LogP contribution in [0.15, 0.2) is 65.8 Å². The van der Waals surface area contributed by atoms with E-state index in [0.29, 0.717) is 17.5 Å². The van der Waals surface area contributed by atoms with Crippen LogP contribution in [0.25, 0.3) is 10.9 Å². The van der Waals surface area contributed by atoms with Crippen molar-refractivity contribution in [2.24, 2.45) is 22.2 Å². The van der Waals surface area contributed by atoms with E-state index < -0.39 is 60.2 Å². The van der Waals surface area contributed by atoms with Crippen LogP contribution in [0.2, 0.25) is 0 Å². The predicted octanol–water partition coefficient (Wildman–Crippen LogP) is -0.652. The lowest BCUT2D eigenvalue weighted by Crippen LogP contribution is -2.58. The van der Waals surface area contributed by atoms with Crippen molar-refractivity contribution in [3.63, 3.8) is 0 Å². The second kappa shape index (κ2) is 16.4.